The van der Waals surface area contributed by atoms with Gasteiger partial charge >= 0.3 is 0 Å². The average molecular weight is 375 g/mol. The molecule has 3 heterocycles. The SMILES string of the molecule is CNc1nccnc1-c1cccc(C(=O)N2CCN(c3ncccn3)CC2)c1. The van der Waals surface area contributed by atoms with Gasteiger partial charge in [-0.1, -0.05) is 12.1 Å². The maximum atomic E-state index is 13.0. The molecule has 0 radical (unpaired) electrons. The molecule has 3 aromatic rings. The van der Waals surface area contributed by atoms with Gasteiger partial charge in [-0.25, -0.2) is 15.0 Å². The summed E-state index contributed by atoms with van der Waals surface area (Å²) in [5, 5.41) is 3.04. The smallest absolute Gasteiger partial charge is 0.253 e. The standard InChI is InChI=1S/C20H21N7O/c1-21-18-17(22-8-9-23-18)15-4-2-5-16(14-15)19(28)26-10-12-27(13-11-26)20-24-6-3-7-25-20/h2-9,14H,10-13H2,1H3,(H,21,23). The Morgan fingerprint density at radius 2 is 1.68 bits per heavy atom. The number of benzene rings is 1. The first-order chi connectivity index (χ1) is 13.8. The molecule has 0 aliphatic carbocycles. The molecular formula is C20H21N7O. The second-order valence-corrected chi connectivity index (χ2v) is 6.41. The maximum absolute atomic E-state index is 13.0. The van der Waals surface area contributed by atoms with Gasteiger partial charge in [0.15, 0.2) is 5.82 Å². The normalized spacial score (nSPS) is 14.0. The highest BCUT2D eigenvalue weighted by atomic mass is 16.2. The molecule has 1 aliphatic rings. The Balaban J connectivity index is 1.49. The van der Waals surface area contributed by atoms with Crippen LogP contribution < -0.4 is 10.2 Å². The quantitative estimate of drug-likeness (QED) is 0.746. The lowest BCUT2D eigenvalue weighted by atomic mass is 10.1. The topological polar surface area (TPSA) is 87.1 Å². The third-order valence-corrected chi connectivity index (χ3v) is 4.72. The molecule has 1 fully saturated rings. The second-order valence-electron chi connectivity index (χ2n) is 6.41. The summed E-state index contributed by atoms with van der Waals surface area (Å²) in [4.78, 5) is 34.2. The van der Waals surface area contributed by atoms with Crippen molar-refractivity contribution in [3.8, 4) is 11.3 Å². The molecule has 0 saturated carbocycles. The fourth-order valence-electron chi connectivity index (χ4n) is 3.28. The van der Waals surface area contributed by atoms with Crippen LogP contribution in [0.2, 0.25) is 0 Å². The van der Waals surface area contributed by atoms with Crippen molar-refractivity contribution < 1.29 is 4.79 Å². The molecular weight excluding hydrogens is 354 g/mol. The van der Waals surface area contributed by atoms with Gasteiger partial charge in [-0.2, -0.15) is 0 Å². The Morgan fingerprint density at radius 1 is 0.929 bits per heavy atom. The Bertz CT molecular complexity index is 956. The number of carbonyl (C=O) groups excluding carboxylic acids is 1. The summed E-state index contributed by atoms with van der Waals surface area (Å²) in [5.74, 6) is 1.41. The summed E-state index contributed by atoms with van der Waals surface area (Å²) in [6, 6.07) is 9.33. The van der Waals surface area contributed by atoms with E-state index < -0.39 is 0 Å². The van der Waals surface area contributed by atoms with Crippen LogP contribution in [0.25, 0.3) is 11.3 Å². The highest BCUT2D eigenvalue weighted by Gasteiger charge is 2.23. The van der Waals surface area contributed by atoms with E-state index in [0.717, 1.165) is 11.3 Å². The lowest BCUT2D eigenvalue weighted by molar-refractivity contribution is 0.0746. The van der Waals surface area contributed by atoms with E-state index in [1.807, 2.05) is 29.2 Å². The van der Waals surface area contributed by atoms with Crippen LogP contribution in [-0.4, -0.2) is 64.0 Å². The van der Waals surface area contributed by atoms with Gasteiger partial charge in [-0.05, 0) is 18.2 Å². The molecule has 28 heavy (non-hydrogen) atoms. The van der Waals surface area contributed by atoms with Crippen LogP contribution in [0.1, 0.15) is 10.4 Å². The van der Waals surface area contributed by atoms with Crippen LogP contribution >= 0.6 is 0 Å². The number of nitrogens with one attached hydrogen (secondary N) is 1. The summed E-state index contributed by atoms with van der Waals surface area (Å²) in [6.07, 6.45) is 6.75. The number of rotatable bonds is 4. The predicted molar refractivity (Wildman–Crippen MR) is 107 cm³/mol. The molecule has 8 heteroatoms. The molecule has 1 N–H and O–H groups in total. The van der Waals surface area contributed by atoms with Crippen LogP contribution in [0.5, 0.6) is 0 Å². The van der Waals surface area contributed by atoms with E-state index >= 15 is 0 Å². The summed E-state index contributed by atoms with van der Waals surface area (Å²) in [7, 11) is 1.80. The predicted octanol–water partition coefficient (Wildman–Crippen LogP) is 1.94. The van der Waals surface area contributed by atoms with Gasteiger partial charge in [0.1, 0.15) is 5.69 Å². The van der Waals surface area contributed by atoms with E-state index in [4.69, 9.17) is 0 Å². The minimum absolute atomic E-state index is 0.0189. The molecule has 4 rings (SSSR count). The summed E-state index contributed by atoms with van der Waals surface area (Å²) < 4.78 is 0. The average Bonchev–Trinajstić information content (AvgIpc) is 2.79. The molecule has 0 unspecified atom stereocenters. The zero-order chi connectivity index (χ0) is 19.3. The Hall–Kier alpha value is -3.55. The third-order valence-electron chi connectivity index (χ3n) is 4.72. The number of hydrogen-bond acceptors (Lipinski definition) is 7. The lowest BCUT2D eigenvalue weighted by Crippen LogP contribution is -2.49. The van der Waals surface area contributed by atoms with Gasteiger partial charge in [0.2, 0.25) is 5.95 Å². The minimum Gasteiger partial charge on any atom is -0.371 e. The second kappa shape index (κ2) is 7.99. The van der Waals surface area contributed by atoms with Crippen molar-refractivity contribution in [1.82, 2.24) is 24.8 Å². The zero-order valence-corrected chi connectivity index (χ0v) is 15.6. The molecule has 142 valence electrons. The van der Waals surface area contributed by atoms with Gasteiger partial charge in [-0.15, -0.1) is 0 Å². The van der Waals surface area contributed by atoms with Crippen LogP contribution in [0.3, 0.4) is 0 Å². The first-order valence-electron chi connectivity index (χ1n) is 9.16. The van der Waals surface area contributed by atoms with Crippen molar-refractivity contribution in [3.63, 3.8) is 0 Å². The molecule has 1 amide bonds. The zero-order valence-electron chi connectivity index (χ0n) is 15.6. The van der Waals surface area contributed by atoms with Crippen molar-refractivity contribution in [2.24, 2.45) is 0 Å². The van der Waals surface area contributed by atoms with Gasteiger partial charge in [0.05, 0.1) is 0 Å². The summed E-state index contributed by atoms with van der Waals surface area (Å²) >= 11 is 0. The van der Waals surface area contributed by atoms with Crippen molar-refractivity contribution in [3.05, 3.63) is 60.7 Å². The Kier molecular flexibility index (Phi) is 5.09. The monoisotopic (exact) mass is 375 g/mol. The number of piperazine rings is 1. The number of amides is 1. The van der Waals surface area contributed by atoms with Crippen LogP contribution in [0.4, 0.5) is 11.8 Å². The summed E-state index contributed by atoms with van der Waals surface area (Å²) in [6.45, 7) is 2.69. The van der Waals surface area contributed by atoms with Crippen LogP contribution in [0.15, 0.2) is 55.1 Å². The molecule has 1 aromatic carbocycles. The number of carbonyl (C=O) groups is 1. The number of hydrogen-bond donors (Lipinski definition) is 1. The third kappa shape index (κ3) is 3.62. The number of anilines is 2. The highest BCUT2D eigenvalue weighted by Crippen LogP contribution is 2.24. The molecule has 1 aliphatic heterocycles. The van der Waals surface area contributed by atoms with Gasteiger partial charge in [0.25, 0.3) is 5.91 Å². The Labute approximate surface area is 163 Å². The van der Waals surface area contributed by atoms with E-state index in [2.05, 4.69) is 30.2 Å². The van der Waals surface area contributed by atoms with Crippen molar-refractivity contribution in [2.45, 2.75) is 0 Å². The maximum Gasteiger partial charge on any atom is 0.253 e. The number of nitrogens with zero attached hydrogens (tertiary/aromatic N) is 6. The summed E-state index contributed by atoms with van der Waals surface area (Å²) in [5.41, 5.74) is 2.24. The van der Waals surface area contributed by atoms with Crippen LogP contribution in [-0.2, 0) is 0 Å². The largest absolute Gasteiger partial charge is 0.371 e. The van der Waals surface area contributed by atoms with E-state index in [1.165, 1.54) is 0 Å². The van der Waals surface area contributed by atoms with E-state index in [0.29, 0.717) is 43.5 Å². The molecule has 2 aromatic heterocycles. The van der Waals surface area contributed by atoms with E-state index in [1.54, 1.807) is 37.9 Å². The fraction of sp³-hybridized carbons (Fsp3) is 0.250. The first kappa shape index (κ1) is 17.8. The molecule has 8 nitrogen and oxygen atoms in total. The molecule has 1 saturated heterocycles. The van der Waals surface area contributed by atoms with Crippen molar-refractivity contribution >= 4 is 17.7 Å². The van der Waals surface area contributed by atoms with Gasteiger partial charge < -0.3 is 15.1 Å². The molecule has 0 spiro atoms. The fourth-order valence-corrected chi connectivity index (χ4v) is 3.28. The van der Waals surface area contributed by atoms with Crippen LogP contribution in [0, 0.1) is 0 Å². The van der Waals surface area contributed by atoms with E-state index in [-0.39, 0.29) is 5.91 Å². The Morgan fingerprint density at radius 3 is 2.43 bits per heavy atom. The van der Waals surface area contributed by atoms with Crippen molar-refractivity contribution in [2.75, 3.05) is 43.4 Å². The molecule has 0 atom stereocenters. The minimum atomic E-state index is 0.0189. The van der Waals surface area contributed by atoms with Gasteiger partial charge in [0, 0.05) is 69.1 Å². The number of aromatic nitrogens is 4. The van der Waals surface area contributed by atoms with E-state index in [9.17, 15) is 4.79 Å². The molecule has 0 bridgehead atoms. The lowest BCUT2D eigenvalue weighted by Gasteiger charge is -2.34. The van der Waals surface area contributed by atoms with Gasteiger partial charge in [-0.3, -0.25) is 9.78 Å². The van der Waals surface area contributed by atoms with Crippen molar-refractivity contribution in [1.29, 1.82) is 0 Å². The first-order valence-corrected chi connectivity index (χ1v) is 9.16. The highest BCUT2D eigenvalue weighted by molar-refractivity contribution is 5.95.